The number of benzene rings is 2. The van der Waals surface area contributed by atoms with Crippen molar-refractivity contribution in [1.82, 2.24) is 29.8 Å². The van der Waals surface area contributed by atoms with Crippen LogP contribution in [0.25, 0.3) is 39.0 Å². The number of nitrogens with two attached hydrogens (primary N) is 1. The molecule has 0 radical (unpaired) electrons. The van der Waals surface area contributed by atoms with Gasteiger partial charge in [-0.1, -0.05) is 24.3 Å². The van der Waals surface area contributed by atoms with Crippen molar-refractivity contribution in [2.75, 3.05) is 25.1 Å². The van der Waals surface area contributed by atoms with Gasteiger partial charge in [0.05, 0.1) is 24.0 Å². The molecule has 9 nitrogen and oxygen atoms in total. The standard InChI is InChI=1S/C34H34F3N7O2S/c1-3-4-5-27(24-10-21(12-26(35)13-24)17-40-47(2,45)46)28-15-31(41-33(28)38)32-29-14-23(6-7-30(29)42-43-32)25-11-22(16-39-18-25)19-44-9-8-34(36,37)20-44/h3-7,10-16,18,40-41H,8-9,17,19-20,38H2,1-2H3,(H,42,43)/b4-3?,27-5-. The molecule has 5 aromatic rings. The first-order valence-corrected chi connectivity index (χ1v) is 16.9. The summed E-state index contributed by atoms with van der Waals surface area (Å²) in [5.41, 5.74) is 13.3. The Hall–Kier alpha value is -4.72. The number of nitrogen functional groups attached to an aromatic ring is 1. The fourth-order valence-corrected chi connectivity index (χ4v) is 6.24. The third kappa shape index (κ3) is 7.48. The van der Waals surface area contributed by atoms with Crippen molar-refractivity contribution in [3.63, 3.8) is 0 Å². The summed E-state index contributed by atoms with van der Waals surface area (Å²) in [6, 6.07) is 14.0. The second-order valence-corrected chi connectivity index (χ2v) is 13.6. The largest absolute Gasteiger partial charge is 0.385 e. The lowest BCUT2D eigenvalue weighted by Crippen LogP contribution is -2.24. The highest BCUT2D eigenvalue weighted by atomic mass is 32.2. The summed E-state index contributed by atoms with van der Waals surface area (Å²) in [5.74, 6) is -2.83. The van der Waals surface area contributed by atoms with Gasteiger partial charge in [-0.2, -0.15) is 5.10 Å². The van der Waals surface area contributed by atoms with Crippen molar-refractivity contribution in [1.29, 1.82) is 0 Å². The van der Waals surface area contributed by atoms with Gasteiger partial charge in [0, 0.05) is 55.0 Å². The number of alkyl halides is 2. The van der Waals surface area contributed by atoms with Crippen molar-refractivity contribution in [3.8, 4) is 22.5 Å². The van der Waals surface area contributed by atoms with Crippen LogP contribution < -0.4 is 10.5 Å². The number of nitrogens with one attached hydrogen (secondary N) is 3. The fourth-order valence-electron chi connectivity index (χ4n) is 5.81. The van der Waals surface area contributed by atoms with Gasteiger partial charge in [-0.15, -0.1) is 0 Å². The zero-order valence-electron chi connectivity index (χ0n) is 25.8. The number of hydrogen-bond acceptors (Lipinski definition) is 6. The molecule has 2 aromatic carbocycles. The van der Waals surface area contributed by atoms with Gasteiger partial charge in [0.15, 0.2) is 0 Å². The van der Waals surface area contributed by atoms with Crippen LogP contribution in [0.4, 0.5) is 19.0 Å². The van der Waals surface area contributed by atoms with Gasteiger partial charge in [0.25, 0.3) is 5.92 Å². The van der Waals surface area contributed by atoms with Crippen molar-refractivity contribution in [2.24, 2.45) is 0 Å². The van der Waals surface area contributed by atoms with E-state index in [1.807, 2.05) is 55.5 Å². The number of aromatic amines is 2. The van der Waals surface area contributed by atoms with Gasteiger partial charge < -0.3 is 10.7 Å². The molecule has 5 N–H and O–H groups in total. The minimum Gasteiger partial charge on any atom is -0.385 e. The maximum atomic E-state index is 14.8. The van der Waals surface area contributed by atoms with Gasteiger partial charge in [0.1, 0.15) is 17.3 Å². The molecule has 47 heavy (non-hydrogen) atoms. The van der Waals surface area contributed by atoms with Crippen molar-refractivity contribution >= 4 is 32.3 Å². The second kappa shape index (κ2) is 12.8. The van der Waals surface area contributed by atoms with Gasteiger partial charge >= 0.3 is 0 Å². The fraction of sp³-hybridized carbons (Fsp3) is 0.235. The molecule has 0 atom stereocenters. The Balaban J connectivity index is 1.33. The highest BCUT2D eigenvalue weighted by molar-refractivity contribution is 7.88. The Morgan fingerprint density at radius 3 is 2.68 bits per heavy atom. The number of H-pyrrole nitrogens is 2. The summed E-state index contributed by atoms with van der Waals surface area (Å²) in [6.07, 6.45) is 9.82. The lowest BCUT2D eigenvalue weighted by atomic mass is 9.96. The number of sulfonamides is 1. The van der Waals surface area contributed by atoms with Crippen molar-refractivity contribution in [2.45, 2.75) is 32.4 Å². The normalized spacial score (nSPS) is 15.7. The molecule has 1 saturated heterocycles. The lowest BCUT2D eigenvalue weighted by molar-refractivity contribution is 0.0115. The number of aromatic nitrogens is 4. The van der Waals surface area contributed by atoms with Crippen LogP contribution in [0.3, 0.4) is 0 Å². The molecule has 0 spiro atoms. The maximum absolute atomic E-state index is 14.8. The molecule has 0 unspecified atom stereocenters. The summed E-state index contributed by atoms with van der Waals surface area (Å²) in [6.45, 7) is 2.27. The minimum absolute atomic E-state index is 0.0669. The van der Waals surface area contributed by atoms with E-state index in [2.05, 4.69) is 24.9 Å². The molecule has 4 heterocycles. The van der Waals surface area contributed by atoms with Crippen LogP contribution in [0.1, 0.15) is 35.6 Å². The highest BCUT2D eigenvalue weighted by Crippen LogP contribution is 2.36. The summed E-state index contributed by atoms with van der Waals surface area (Å²) in [4.78, 5) is 9.34. The summed E-state index contributed by atoms with van der Waals surface area (Å²) in [5, 5.41) is 8.44. The molecule has 6 rings (SSSR count). The van der Waals surface area contributed by atoms with Crippen molar-refractivity contribution in [3.05, 3.63) is 107 Å². The van der Waals surface area contributed by atoms with Crippen LogP contribution in [0, 0.1) is 5.82 Å². The van der Waals surface area contributed by atoms with Crippen LogP contribution in [0.15, 0.2) is 79.2 Å². The van der Waals surface area contributed by atoms with E-state index >= 15 is 0 Å². The number of nitrogens with zero attached hydrogens (tertiary/aromatic N) is 3. The predicted octanol–water partition coefficient (Wildman–Crippen LogP) is 6.24. The molecule has 0 bridgehead atoms. The topological polar surface area (TPSA) is 133 Å². The Bertz CT molecular complexity index is 2120. The molecule has 244 valence electrons. The lowest BCUT2D eigenvalue weighted by Gasteiger charge is -2.15. The number of allylic oxidation sites excluding steroid dienone is 3. The van der Waals surface area contributed by atoms with Gasteiger partial charge in [-0.3, -0.25) is 15.0 Å². The molecule has 3 aromatic heterocycles. The first-order chi connectivity index (χ1) is 22.4. The third-order valence-corrected chi connectivity index (χ3v) is 8.67. The van der Waals surface area contributed by atoms with E-state index in [4.69, 9.17) is 5.73 Å². The SMILES string of the molecule is CC=C/C=C(/c1cc(F)cc(CNS(C)(=O)=O)c1)c1cc(-c2n[nH]c3ccc(-c4cncc(CN5CCC(F)(F)C5)c4)cc23)[nH]c1N. The second-order valence-electron chi connectivity index (χ2n) is 11.8. The van der Waals surface area contributed by atoms with Gasteiger partial charge in [0.2, 0.25) is 10.0 Å². The molecule has 1 aliphatic heterocycles. The first-order valence-electron chi connectivity index (χ1n) is 15.0. The quantitative estimate of drug-likeness (QED) is 0.131. The summed E-state index contributed by atoms with van der Waals surface area (Å²) >= 11 is 0. The van der Waals surface area contributed by atoms with E-state index in [1.165, 1.54) is 12.1 Å². The van der Waals surface area contributed by atoms with Crippen LogP contribution in [-0.2, 0) is 23.1 Å². The average Bonchev–Trinajstić information content (AvgIpc) is 3.71. The number of fused-ring (bicyclic) bond motifs is 1. The zero-order chi connectivity index (χ0) is 33.3. The van der Waals surface area contributed by atoms with E-state index in [9.17, 15) is 21.6 Å². The highest BCUT2D eigenvalue weighted by Gasteiger charge is 2.37. The molecule has 0 aliphatic carbocycles. The Kier molecular flexibility index (Phi) is 8.79. The van der Waals surface area contributed by atoms with E-state index in [0.717, 1.165) is 33.8 Å². The minimum atomic E-state index is -3.48. The molecule has 0 saturated carbocycles. The summed E-state index contributed by atoms with van der Waals surface area (Å²) in [7, 11) is -3.48. The molecular weight excluding hydrogens is 627 g/mol. The number of rotatable bonds is 10. The van der Waals surface area contributed by atoms with Crippen LogP contribution in [-0.4, -0.2) is 58.8 Å². The van der Waals surface area contributed by atoms with Crippen molar-refractivity contribution < 1.29 is 21.6 Å². The number of pyridine rings is 1. The number of anilines is 1. The Labute approximate surface area is 270 Å². The Morgan fingerprint density at radius 2 is 1.94 bits per heavy atom. The van der Waals surface area contributed by atoms with Gasteiger partial charge in [-0.05, 0) is 77.2 Å². The monoisotopic (exact) mass is 661 g/mol. The smallest absolute Gasteiger partial charge is 0.261 e. The average molecular weight is 662 g/mol. The number of likely N-dealkylation sites (tertiary alicyclic amines) is 1. The molecular formula is C34H34F3N7O2S. The number of halogens is 3. The Morgan fingerprint density at radius 1 is 1.11 bits per heavy atom. The van der Waals surface area contributed by atoms with Gasteiger partial charge in [-0.25, -0.2) is 26.3 Å². The van der Waals surface area contributed by atoms with Crippen LogP contribution >= 0.6 is 0 Å². The summed E-state index contributed by atoms with van der Waals surface area (Å²) < 4.78 is 67.9. The maximum Gasteiger partial charge on any atom is 0.261 e. The molecule has 1 aliphatic rings. The molecule has 13 heteroatoms. The van der Waals surface area contributed by atoms with E-state index in [1.54, 1.807) is 23.4 Å². The van der Waals surface area contributed by atoms with Crippen LogP contribution in [0.2, 0.25) is 0 Å². The third-order valence-electron chi connectivity index (χ3n) is 8.00. The van der Waals surface area contributed by atoms with E-state index < -0.39 is 21.8 Å². The molecule has 0 amide bonds. The number of hydrogen-bond donors (Lipinski definition) is 4. The zero-order valence-corrected chi connectivity index (χ0v) is 26.6. The predicted molar refractivity (Wildman–Crippen MR) is 178 cm³/mol. The van der Waals surface area contributed by atoms with E-state index in [0.29, 0.717) is 52.6 Å². The van der Waals surface area contributed by atoms with E-state index in [-0.39, 0.29) is 19.5 Å². The molecule has 1 fully saturated rings. The first kappa shape index (κ1) is 32.2. The van der Waals surface area contributed by atoms with Crippen LogP contribution in [0.5, 0.6) is 0 Å².